The van der Waals surface area contributed by atoms with Crippen LogP contribution in [0, 0.1) is 18.8 Å². The van der Waals surface area contributed by atoms with Gasteiger partial charge in [-0.1, -0.05) is 13.8 Å². The van der Waals surface area contributed by atoms with Gasteiger partial charge in [-0.25, -0.2) is 0 Å². The molecule has 2 saturated heterocycles. The first kappa shape index (κ1) is 15.7. The van der Waals surface area contributed by atoms with E-state index in [4.69, 9.17) is 14.7 Å². The minimum Gasteiger partial charge on any atom is -0.378 e. The number of aromatic amines is 1. The molecular formula is C18H27N5O. The number of H-pyrrole nitrogens is 1. The van der Waals surface area contributed by atoms with Gasteiger partial charge >= 0.3 is 0 Å². The molecule has 2 atom stereocenters. The Morgan fingerprint density at radius 3 is 2.50 bits per heavy atom. The lowest BCUT2D eigenvalue weighted by molar-refractivity contribution is 0.122. The first-order valence-corrected chi connectivity index (χ1v) is 9.05. The number of ether oxygens (including phenoxy) is 1. The fraction of sp³-hybridized carbons (Fsp3) is 0.667. The van der Waals surface area contributed by atoms with Crippen LogP contribution < -0.4 is 9.80 Å². The van der Waals surface area contributed by atoms with E-state index in [1.165, 1.54) is 6.42 Å². The maximum Gasteiger partial charge on any atom is 0.229 e. The summed E-state index contributed by atoms with van der Waals surface area (Å²) < 4.78 is 5.47. The molecule has 2 aromatic rings. The molecule has 2 aliphatic rings. The molecule has 0 aromatic carbocycles. The summed E-state index contributed by atoms with van der Waals surface area (Å²) in [6.45, 7) is 12.1. The van der Waals surface area contributed by atoms with Crippen molar-refractivity contribution in [2.45, 2.75) is 27.2 Å². The fourth-order valence-electron chi connectivity index (χ4n) is 4.10. The molecule has 4 rings (SSSR count). The van der Waals surface area contributed by atoms with Gasteiger partial charge in [0, 0.05) is 31.9 Å². The zero-order valence-electron chi connectivity index (χ0n) is 14.9. The van der Waals surface area contributed by atoms with Crippen molar-refractivity contribution < 1.29 is 4.74 Å². The minimum atomic E-state index is 0.700. The minimum absolute atomic E-state index is 0.700. The van der Waals surface area contributed by atoms with E-state index in [-0.39, 0.29) is 0 Å². The number of aryl methyl sites for hydroxylation is 1. The van der Waals surface area contributed by atoms with Crippen LogP contribution in [0.3, 0.4) is 0 Å². The molecule has 4 heterocycles. The highest BCUT2D eigenvalue weighted by molar-refractivity contribution is 5.89. The number of rotatable bonds is 2. The topological polar surface area (TPSA) is 57.3 Å². The average Bonchev–Trinajstić information content (AvgIpc) is 2.94. The quantitative estimate of drug-likeness (QED) is 0.918. The molecule has 0 spiro atoms. The highest BCUT2D eigenvalue weighted by atomic mass is 16.5. The van der Waals surface area contributed by atoms with Gasteiger partial charge in [0.2, 0.25) is 5.95 Å². The number of fused-ring (bicyclic) bond motifs is 1. The highest BCUT2D eigenvalue weighted by Crippen LogP contribution is 2.32. The monoisotopic (exact) mass is 329 g/mol. The molecule has 130 valence electrons. The van der Waals surface area contributed by atoms with Crippen LogP contribution >= 0.6 is 0 Å². The molecule has 0 aliphatic carbocycles. The Bertz CT molecular complexity index is 712. The molecule has 2 fully saturated rings. The molecule has 2 aliphatic heterocycles. The lowest BCUT2D eigenvalue weighted by Gasteiger charge is -2.36. The van der Waals surface area contributed by atoms with Crippen molar-refractivity contribution in [3.63, 3.8) is 0 Å². The van der Waals surface area contributed by atoms with E-state index in [1.54, 1.807) is 0 Å². The SMILES string of the molecule is Cc1cc2c(N3CC(C)CC(C)C3)nc(N3CCOCC3)nc2[nH]1. The maximum atomic E-state index is 5.47. The second kappa shape index (κ2) is 6.24. The summed E-state index contributed by atoms with van der Waals surface area (Å²) in [5, 5.41) is 1.14. The van der Waals surface area contributed by atoms with Crippen molar-refractivity contribution in [3.05, 3.63) is 11.8 Å². The van der Waals surface area contributed by atoms with Crippen molar-refractivity contribution in [3.8, 4) is 0 Å². The summed E-state index contributed by atoms with van der Waals surface area (Å²) in [6, 6.07) is 2.18. The van der Waals surface area contributed by atoms with E-state index in [1.807, 2.05) is 0 Å². The lowest BCUT2D eigenvalue weighted by atomic mass is 9.92. The molecule has 0 amide bonds. The summed E-state index contributed by atoms with van der Waals surface area (Å²) in [4.78, 5) is 17.9. The number of hydrogen-bond donors (Lipinski definition) is 1. The van der Waals surface area contributed by atoms with E-state index in [2.05, 4.69) is 41.6 Å². The van der Waals surface area contributed by atoms with E-state index in [0.29, 0.717) is 11.8 Å². The molecular weight excluding hydrogens is 302 g/mol. The second-order valence-corrected chi connectivity index (χ2v) is 7.51. The summed E-state index contributed by atoms with van der Waals surface area (Å²) in [7, 11) is 0. The number of aromatic nitrogens is 3. The summed E-state index contributed by atoms with van der Waals surface area (Å²) in [5.41, 5.74) is 2.09. The molecule has 0 bridgehead atoms. The zero-order valence-corrected chi connectivity index (χ0v) is 14.9. The smallest absolute Gasteiger partial charge is 0.229 e. The number of nitrogens with zero attached hydrogens (tertiary/aromatic N) is 4. The van der Waals surface area contributed by atoms with E-state index < -0.39 is 0 Å². The van der Waals surface area contributed by atoms with Gasteiger partial charge in [0.1, 0.15) is 11.5 Å². The first-order valence-electron chi connectivity index (χ1n) is 9.05. The van der Waals surface area contributed by atoms with Gasteiger partial charge in [-0.15, -0.1) is 0 Å². The summed E-state index contributed by atoms with van der Waals surface area (Å²) in [5.74, 6) is 3.31. The number of anilines is 2. The van der Waals surface area contributed by atoms with Crippen LogP contribution in [0.2, 0.25) is 0 Å². The molecule has 0 radical (unpaired) electrons. The van der Waals surface area contributed by atoms with Gasteiger partial charge in [0.15, 0.2) is 0 Å². The fourth-order valence-corrected chi connectivity index (χ4v) is 4.10. The largest absolute Gasteiger partial charge is 0.378 e. The van der Waals surface area contributed by atoms with Gasteiger partial charge in [0.25, 0.3) is 0 Å². The van der Waals surface area contributed by atoms with Crippen LogP contribution in [-0.2, 0) is 4.74 Å². The second-order valence-electron chi connectivity index (χ2n) is 7.51. The van der Waals surface area contributed by atoms with Crippen LogP contribution in [0.1, 0.15) is 26.0 Å². The maximum absolute atomic E-state index is 5.47. The Morgan fingerprint density at radius 2 is 1.79 bits per heavy atom. The standard InChI is InChI=1S/C18H27N5O/c1-12-8-13(2)11-23(10-12)17-15-9-14(3)19-16(15)20-18(21-17)22-4-6-24-7-5-22/h9,12-13H,4-8,10-11H2,1-3H3,(H,19,20,21). The molecule has 24 heavy (non-hydrogen) atoms. The van der Waals surface area contributed by atoms with Gasteiger partial charge < -0.3 is 19.5 Å². The predicted molar refractivity (Wildman–Crippen MR) is 96.8 cm³/mol. The van der Waals surface area contributed by atoms with Crippen LogP contribution in [0.25, 0.3) is 11.0 Å². The normalized spacial score (nSPS) is 25.5. The Hall–Kier alpha value is -1.82. The molecule has 0 saturated carbocycles. The van der Waals surface area contributed by atoms with Gasteiger partial charge in [-0.3, -0.25) is 0 Å². The zero-order chi connectivity index (χ0) is 16.7. The van der Waals surface area contributed by atoms with E-state index >= 15 is 0 Å². The van der Waals surface area contributed by atoms with Crippen molar-refractivity contribution >= 4 is 22.8 Å². The Labute approximate surface area is 143 Å². The van der Waals surface area contributed by atoms with Gasteiger partial charge in [0.05, 0.1) is 18.6 Å². The van der Waals surface area contributed by atoms with Crippen molar-refractivity contribution in [1.29, 1.82) is 0 Å². The van der Waals surface area contributed by atoms with Crippen LogP contribution in [0.5, 0.6) is 0 Å². The number of hydrogen-bond acceptors (Lipinski definition) is 5. The van der Waals surface area contributed by atoms with Crippen molar-refractivity contribution in [2.75, 3.05) is 49.2 Å². The number of nitrogens with one attached hydrogen (secondary N) is 1. The Balaban J connectivity index is 1.77. The third kappa shape index (κ3) is 2.95. The van der Waals surface area contributed by atoms with E-state index in [9.17, 15) is 0 Å². The van der Waals surface area contributed by atoms with E-state index in [0.717, 1.165) is 67.9 Å². The van der Waals surface area contributed by atoms with Gasteiger partial charge in [-0.2, -0.15) is 9.97 Å². The van der Waals surface area contributed by atoms with Gasteiger partial charge in [-0.05, 0) is 31.2 Å². The molecule has 6 heteroatoms. The highest BCUT2D eigenvalue weighted by Gasteiger charge is 2.26. The summed E-state index contributed by atoms with van der Waals surface area (Å²) >= 11 is 0. The van der Waals surface area contributed by atoms with Crippen molar-refractivity contribution in [2.24, 2.45) is 11.8 Å². The van der Waals surface area contributed by atoms with Crippen LogP contribution in [-0.4, -0.2) is 54.3 Å². The third-order valence-electron chi connectivity index (χ3n) is 5.05. The Kier molecular flexibility index (Phi) is 4.08. The Morgan fingerprint density at radius 1 is 1.08 bits per heavy atom. The summed E-state index contributed by atoms with van der Waals surface area (Å²) in [6.07, 6.45) is 1.30. The lowest BCUT2D eigenvalue weighted by Crippen LogP contribution is -2.40. The first-order chi connectivity index (χ1) is 11.6. The molecule has 2 unspecified atom stereocenters. The van der Waals surface area contributed by atoms with Crippen molar-refractivity contribution in [1.82, 2.24) is 15.0 Å². The van der Waals surface area contributed by atoms with Crippen LogP contribution in [0.15, 0.2) is 6.07 Å². The number of piperidine rings is 1. The molecule has 2 aromatic heterocycles. The predicted octanol–water partition coefficient (Wildman–Crippen LogP) is 2.59. The average molecular weight is 329 g/mol. The third-order valence-corrected chi connectivity index (χ3v) is 5.05. The van der Waals surface area contributed by atoms with Crippen LogP contribution in [0.4, 0.5) is 11.8 Å². The molecule has 6 nitrogen and oxygen atoms in total. The number of morpholine rings is 1. The molecule has 1 N–H and O–H groups in total.